The molecule has 93 heavy (non-hydrogen) atoms. The number of hydrogen-bond acceptors (Lipinski definition) is 8. The largest absolute Gasteiger partial charge is 0.472 e. The van der Waals surface area contributed by atoms with E-state index in [2.05, 4.69) is 98.9 Å². The summed E-state index contributed by atoms with van der Waals surface area (Å²) in [6.45, 7) is 3.68. The topological polar surface area (TPSA) is 134 Å². The SMILES string of the molecule is CC/C=C\C/C=C\C/C=C\C/C=C\CCCCCCCCCCCCCCCCCCCCCCC(=O)OC(COC(=O)CCCCCCCCCCCCCCCCCCCCCCCCCC/C=C\C/C=C\C/C=C\CCCCCCC)COP(=O)(O)OCCN. The van der Waals surface area contributed by atoms with Crippen molar-refractivity contribution in [1.82, 2.24) is 0 Å². The third kappa shape index (κ3) is 78.1. The van der Waals surface area contributed by atoms with Crippen LogP contribution in [0.25, 0.3) is 0 Å². The fraction of sp³-hybridized carbons (Fsp3) is 0.807. The highest BCUT2D eigenvalue weighted by Crippen LogP contribution is 2.43. The molecule has 0 fully saturated rings. The van der Waals surface area contributed by atoms with Crippen molar-refractivity contribution in [2.24, 2.45) is 5.73 Å². The highest BCUT2D eigenvalue weighted by Gasteiger charge is 2.26. The van der Waals surface area contributed by atoms with Crippen LogP contribution in [0.2, 0.25) is 0 Å². The van der Waals surface area contributed by atoms with Crippen LogP contribution in [-0.4, -0.2) is 49.3 Å². The molecule has 542 valence electrons. The van der Waals surface area contributed by atoms with Gasteiger partial charge in [-0.25, -0.2) is 4.57 Å². The molecule has 3 N–H and O–H groups in total. The molecule has 9 nitrogen and oxygen atoms in total. The Morgan fingerprint density at radius 1 is 0.333 bits per heavy atom. The number of phosphoric acid groups is 1. The summed E-state index contributed by atoms with van der Waals surface area (Å²) in [5.41, 5.74) is 5.42. The lowest BCUT2D eigenvalue weighted by Crippen LogP contribution is -2.29. The molecule has 2 atom stereocenters. The van der Waals surface area contributed by atoms with Gasteiger partial charge >= 0.3 is 19.8 Å². The van der Waals surface area contributed by atoms with Crippen molar-refractivity contribution in [3.05, 3.63) is 85.1 Å². The molecule has 0 aliphatic heterocycles. The minimum absolute atomic E-state index is 0.0542. The second-order valence-corrected chi connectivity index (χ2v) is 28.4. The van der Waals surface area contributed by atoms with Gasteiger partial charge in [-0.15, -0.1) is 0 Å². The molecular weight excluding hydrogens is 1170 g/mol. The molecule has 0 aromatic rings. The number of carbonyl (C=O) groups excluding carboxylic acids is 2. The van der Waals surface area contributed by atoms with Crippen LogP contribution in [0.3, 0.4) is 0 Å². The molecule has 0 radical (unpaired) electrons. The van der Waals surface area contributed by atoms with Crippen LogP contribution >= 0.6 is 7.82 Å². The number of unbranched alkanes of at least 4 members (excludes halogenated alkanes) is 49. The van der Waals surface area contributed by atoms with E-state index in [0.717, 1.165) is 70.6 Å². The molecule has 0 saturated heterocycles. The van der Waals surface area contributed by atoms with Crippen LogP contribution in [0.5, 0.6) is 0 Å². The third-order valence-corrected chi connectivity index (χ3v) is 18.7. The molecule has 0 aromatic heterocycles. The summed E-state index contributed by atoms with van der Waals surface area (Å²) in [5.74, 6) is -0.807. The lowest BCUT2D eigenvalue weighted by molar-refractivity contribution is -0.161. The highest BCUT2D eigenvalue weighted by molar-refractivity contribution is 7.47. The van der Waals surface area contributed by atoms with E-state index in [1.165, 1.54) is 295 Å². The number of carbonyl (C=O) groups is 2. The Morgan fingerprint density at radius 2 is 0.591 bits per heavy atom. The van der Waals surface area contributed by atoms with Gasteiger partial charge in [-0.05, 0) is 89.9 Å². The maximum atomic E-state index is 12.8. The van der Waals surface area contributed by atoms with Crippen LogP contribution in [0.1, 0.15) is 399 Å². The number of ether oxygens (including phenoxy) is 2. The minimum Gasteiger partial charge on any atom is -0.462 e. The zero-order valence-corrected chi connectivity index (χ0v) is 62.1. The first-order valence-corrected chi connectivity index (χ1v) is 41.6. The fourth-order valence-corrected chi connectivity index (χ4v) is 12.6. The molecule has 0 aliphatic carbocycles. The second kappa shape index (κ2) is 78.2. The van der Waals surface area contributed by atoms with Crippen LogP contribution in [0.4, 0.5) is 0 Å². The summed E-state index contributed by atoms with van der Waals surface area (Å²) in [4.78, 5) is 35.5. The number of rotatable bonds is 76. The first-order valence-electron chi connectivity index (χ1n) is 40.1. The predicted octanol–water partition coefficient (Wildman–Crippen LogP) is 26.9. The van der Waals surface area contributed by atoms with E-state index in [1.54, 1.807) is 0 Å². The van der Waals surface area contributed by atoms with E-state index in [-0.39, 0.29) is 38.6 Å². The van der Waals surface area contributed by atoms with Gasteiger partial charge in [0.25, 0.3) is 0 Å². The summed E-state index contributed by atoms with van der Waals surface area (Å²) in [6.07, 6.45) is 106. The van der Waals surface area contributed by atoms with Gasteiger partial charge in [-0.2, -0.15) is 0 Å². The second-order valence-electron chi connectivity index (χ2n) is 26.9. The summed E-state index contributed by atoms with van der Waals surface area (Å²) < 4.78 is 33.3. The lowest BCUT2D eigenvalue weighted by Gasteiger charge is -2.19. The molecule has 0 heterocycles. The van der Waals surface area contributed by atoms with Crippen LogP contribution in [0.15, 0.2) is 85.1 Å². The van der Waals surface area contributed by atoms with E-state index >= 15 is 0 Å². The molecule has 10 heteroatoms. The first kappa shape index (κ1) is 90.2. The number of hydrogen-bond donors (Lipinski definition) is 2. The van der Waals surface area contributed by atoms with E-state index in [0.29, 0.717) is 6.42 Å². The normalized spacial score (nSPS) is 13.3. The zero-order chi connectivity index (χ0) is 67.2. The van der Waals surface area contributed by atoms with Gasteiger partial charge < -0.3 is 20.1 Å². The maximum Gasteiger partial charge on any atom is 0.472 e. The van der Waals surface area contributed by atoms with Crippen molar-refractivity contribution in [3.8, 4) is 0 Å². The zero-order valence-electron chi connectivity index (χ0n) is 61.2. The highest BCUT2D eigenvalue weighted by atomic mass is 31.2. The van der Waals surface area contributed by atoms with Gasteiger partial charge in [-0.1, -0.05) is 381 Å². The van der Waals surface area contributed by atoms with Crippen molar-refractivity contribution >= 4 is 19.8 Å². The average molecular weight is 1320 g/mol. The van der Waals surface area contributed by atoms with Crippen molar-refractivity contribution in [1.29, 1.82) is 0 Å². The summed E-state index contributed by atoms with van der Waals surface area (Å²) in [7, 11) is -4.40. The molecular formula is C83H152NO8P. The maximum absolute atomic E-state index is 12.8. The van der Waals surface area contributed by atoms with Gasteiger partial charge in [0.05, 0.1) is 13.2 Å². The molecule has 0 aliphatic rings. The smallest absolute Gasteiger partial charge is 0.462 e. The molecule has 0 aromatic carbocycles. The van der Waals surface area contributed by atoms with E-state index in [9.17, 15) is 19.0 Å². The van der Waals surface area contributed by atoms with Crippen LogP contribution in [0, 0.1) is 0 Å². The van der Waals surface area contributed by atoms with Crippen LogP contribution in [-0.2, 0) is 32.7 Å². The number of esters is 2. The molecule has 0 saturated carbocycles. The van der Waals surface area contributed by atoms with E-state index in [1.807, 2.05) is 0 Å². The molecule has 2 unspecified atom stereocenters. The Balaban J connectivity index is 3.76. The number of allylic oxidation sites excluding steroid dienone is 14. The fourth-order valence-electron chi connectivity index (χ4n) is 11.9. The molecule has 0 rings (SSSR count). The van der Waals surface area contributed by atoms with Crippen molar-refractivity contribution < 1.29 is 37.6 Å². The molecule has 0 bridgehead atoms. The van der Waals surface area contributed by atoms with Gasteiger partial charge in [0.2, 0.25) is 0 Å². The van der Waals surface area contributed by atoms with E-state index < -0.39 is 26.5 Å². The summed E-state index contributed by atoms with van der Waals surface area (Å²) in [6, 6.07) is 0. The van der Waals surface area contributed by atoms with E-state index in [4.69, 9.17) is 24.3 Å². The van der Waals surface area contributed by atoms with Crippen molar-refractivity contribution in [2.75, 3.05) is 26.4 Å². The Bertz CT molecular complexity index is 1810. The van der Waals surface area contributed by atoms with Gasteiger partial charge in [-0.3, -0.25) is 18.6 Å². The molecule has 0 amide bonds. The van der Waals surface area contributed by atoms with Gasteiger partial charge in [0.15, 0.2) is 6.10 Å². The van der Waals surface area contributed by atoms with Gasteiger partial charge in [0.1, 0.15) is 6.61 Å². The Morgan fingerprint density at radius 3 is 0.882 bits per heavy atom. The van der Waals surface area contributed by atoms with Crippen LogP contribution < -0.4 is 5.73 Å². The Labute approximate surface area is 576 Å². The lowest BCUT2D eigenvalue weighted by atomic mass is 10.0. The average Bonchev–Trinajstić information content (AvgIpc) is 3.32. The number of nitrogens with two attached hydrogens (primary N) is 1. The summed E-state index contributed by atoms with van der Waals surface area (Å²) in [5, 5.41) is 0. The Kier molecular flexibility index (Phi) is 75.8. The molecule has 0 spiro atoms. The van der Waals surface area contributed by atoms with Crippen molar-refractivity contribution in [2.45, 2.75) is 405 Å². The Hall–Kier alpha value is -2.81. The number of phosphoric ester groups is 1. The first-order chi connectivity index (χ1) is 45.8. The minimum atomic E-state index is -4.40. The van der Waals surface area contributed by atoms with Crippen molar-refractivity contribution in [3.63, 3.8) is 0 Å². The third-order valence-electron chi connectivity index (χ3n) is 17.8. The summed E-state index contributed by atoms with van der Waals surface area (Å²) >= 11 is 0. The van der Waals surface area contributed by atoms with Gasteiger partial charge in [0, 0.05) is 19.4 Å². The standard InChI is InChI=1S/C83H152NO8P/c1-3-5-7-9-11-13-15-17-19-21-23-25-27-29-31-33-35-37-38-39-40-41-42-44-45-47-49-51-53-55-57-59-61-63-65-67-69-71-73-75-82(85)89-79-81(80-91-93(87,88)90-78-77-84)92-83(86)76-74-72-70-68-66-64-62-60-58-56-54-52-50-48-46-43-36-34-32-30-28-26-24-22-20-18-16-14-12-10-8-6-4-2/h6,8,12,14-15,17-18,20-21,23-24,26-27,29,81H,3-5,7,9-11,13,16,19,22,25,28,30-80,84H2,1-2H3,(H,87,88)/b8-6-,14-12-,17-15-,20-18-,23-21-,26-24-,29-27-. The predicted molar refractivity (Wildman–Crippen MR) is 404 cm³/mol. The quantitative estimate of drug-likeness (QED) is 0.0264. The monoisotopic (exact) mass is 1320 g/mol.